The second-order valence-corrected chi connectivity index (χ2v) is 3.36. The Bertz CT molecular complexity index is 554. The number of imidazole rings is 1. The molecule has 9 heteroatoms. The van der Waals surface area contributed by atoms with Crippen molar-refractivity contribution in [3.63, 3.8) is 0 Å². The molecule has 0 fully saturated rings. The van der Waals surface area contributed by atoms with Crippen molar-refractivity contribution >= 4 is 29.4 Å². The van der Waals surface area contributed by atoms with Gasteiger partial charge in [-0.05, 0) is 0 Å². The van der Waals surface area contributed by atoms with Crippen LogP contribution in [-0.4, -0.2) is 39.2 Å². The molecule has 0 unspecified atom stereocenters. The molecule has 0 saturated carbocycles. The van der Waals surface area contributed by atoms with E-state index in [1.807, 2.05) is 0 Å². The fraction of sp³-hybridized carbons (Fsp3) is 0.333. The van der Waals surface area contributed by atoms with Gasteiger partial charge in [0.2, 0.25) is 5.95 Å². The number of nitrogens with zero attached hydrogens (tertiary/aromatic N) is 4. The highest BCUT2D eigenvalue weighted by Gasteiger charge is 2.09. The van der Waals surface area contributed by atoms with Crippen LogP contribution in [0.4, 0.5) is 11.8 Å². The Balaban J connectivity index is 2.07. The molecule has 0 aliphatic heterocycles. The fourth-order valence-electron chi connectivity index (χ4n) is 1.40. The minimum atomic E-state index is 0.0750. The monoisotopic (exact) mass is 252 g/mol. The predicted octanol–water partition coefficient (Wildman–Crippen LogP) is -0.862. The number of carbonyl (C=O) groups excluding carboxylic acids is 1. The van der Waals surface area contributed by atoms with Crippen LogP contribution in [0, 0.1) is 0 Å². The van der Waals surface area contributed by atoms with Gasteiger partial charge in [0.15, 0.2) is 11.5 Å². The van der Waals surface area contributed by atoms with E-state index in [0.717, 1.165) is 0 Å². The lowest BCUT2D eigenvalue weighted by Gasteiger charge is -2.05. The maximum absolute atomic E-state index is 9.91. The van der Waals surface area contributed by atoms with Crippen LogP contribution < -0.4 is 11.5 Å². The number of hydrogen-bond acceptors (Lipinski definition) is 8. The zero-order valence-corrected chi connectivity index (χ0v) is 9.44. The molecule has 2 rings (SSSR count). The topological polar surface area (TPSA) is 131 Å². The number of hydrogen-bond donors (Lipinski definition) is 2. The molecule has 0 amide bonds. The van der Waals surface area contributed by atoms with Gasteiger partial charge in [-0.25, -0.2) is 4.98 Å². The summed E-state index contributed by atoms with van der Waals surface area (Å²) < 4.78 is 11.4. The first kappa shape index (κ1) is 12.0. The third-order valence-electron chi connectivity index (χ3n) is 2.15. The first-order valence-corrected chi connectivity index (χ1v) is 5.09. The number of fused-ring (bicyclic) bond motifs is 1. The van der Waals surface area contributed by atoms with Crippen LogP contribution >= 0.6 is 0 Å². The van der Waals surface area contributed by atoms with Crippen LogP contribution in [0.25, 0.3) is 11.2 Å². The standard InChI is InChI=1S/C9H12N6O3/c10-7-6-8(14-9(11)13-7)15(3-12-6)4-17-1-2-18-5-16/h3,5H,1-2,4H2,(H4,10,11,13,14). The minimum absolute atomic E-state index is 0.0750. The lowest BCUT2D eigenvalue weighted by molar-refractivity contribution is -0.130. The van der Waals surface area contributed by atoms with Gasteiger partial charge in [0.25, 0.3) is 6.47 Å². The van der Waals surface area contributed by atoms with Gasteiger partial charge < -0.3 is 20.9 Å². The molecule has 2 aromatic rings. The molecule has 2 aromatic heterocycles. The number of anilines is 2. The zero-order valence-electron chi connectivity index (χ0n) is 9.44. The highest BCUT2D eigenvalue weighted by molar-refractivity contribution is 5.82. The number of aromatic nitrogens is 4. The van der Waals surface area contributed by atoms with E-state index in [1.54, 1.807) is 4.57 Å². The van der Waals surface area contributed by atoms with Crippen molar-refractivity contribution < 1.29 is 14.3 Å². The summed E-state index contributed by atoms with van der Waals surface area (Å²) in [5, 5.41) is 0. The molecule has 2 heterocycles. The Hall–Kier alpha value is -2.42. The number of rotatable bonds is 6. The van der Waals surface area contributed by atoms with Crippen LogP contribution in [0.1, 0.15) is 0 Å². The molecular formula is C9H12N6O3. The normalized spacial score (nSPS) is 10.7. The molecule has 4 N–H and O–H groups in total. The van der Waals surface area contributed by atoms with Gasteiger partial charge in [-0.1, -0.05) is 0 Å². The van der Waals surface area contributed by atoms with Crippen molar-refractivity contribution in [2.45, 2.75) is 6.73 Å². The van der Waals surface area contributed by atoms with Gasteiger partial charge >= 0.3 is 0 Å². The smallest absolute Gasteiger partial charge is 0.293 e. The Kier molecular flexibility index (Phi) is 3.53. The average molecular weight is 252 g/mol. The molecular weight excluding hydrogens is 240 g/mol. The predicted molar refractivity (Wildman–Crippen MR) is 62.1 cm³/mol. The van der Waals surface area contributed by atoms with Crippen LogP contribution in [0.3, 0.4) is 0 Å². The highest BCUT2D eigenvalue weighted by Crippen LogP contribution is 2.16. The largest absolute Gasteiger partial charge is 0.465 e. The molecule has 0 bridgehead atoms. The summed E-state index contributed by atoms with van der Waals surface area (Å²) in [6.07, 6.45) is 1.52. The lowest BCUT2D eigenvalue weighted by atomic mass is 10.5. The minimum Gasteiger partial charge on any atom is -0.465 e. The fourth-order valence-corrected chi connectivity index (χ4v) is 1.40. The second-order valence-electron chi connectivity index (χ2n) is 3.36. The Morgan fingerprint density at radius 2 is 2.17 bits per heavy atom. The number of carbonyl (C=O) groups is 1. The molecule has 0 atom stereocenters. The Morgan fingerprint density at radius 3 is 2.94 bits per heavy atom. The van der Waals surface area contributed by atoms with Gasteiger partial charge in [-0.2, -0.15) is 9.97 Å². The second kappa shape index (κ2) is 5.27. The molecule has 9 nitrogen and oxygen atoms in total. The van der Waals surface area contributed by atoms with E-state index >= 15 is 0 Å². The number of nitrogen functional groups attached to an aromatic ring is 2. The summed E-state index contributed by atoms with van der Waals surface area (Å²) in [4.78, 5) is 21.8. The molecule has 0 aromatic carbocycles. The van der Waals surface area contributed by atoms with Crippen molar-refractivity contribution in [3.8, 4) is 0 Å². The van der Waals surface area contributed by atoms with E-state index in [1.165, 1.54) is 6.33 Å². The van der Waals surface area contributed by atoms with Gasteiger partial charge in [-0.3, -0.25) is 9.36 Å². The summed E-state index contributed by atoms with van der Waals surface area (Å²) in [6, 6.07) is 0. The van der Waals surface area contributed by atoms with E-state index < -0.39 is 0 Å². The summed E-state index contributed by atoms with van der Waals surface area (Å²) in [5.41, 5.74) is 12.1. The molecule has 0 saturated heterocycles. The van der Waals surface area contributed by atoms with Crippen molar-refractivity contribution in [1.82, 2.24) is 19.5 Å². The van der Waals surface area contributed by atoms with Gasteiger partial charge in [0.1, 0.15) is 18.9 Å². The van der Waals surface area contributed by atoms with E-state index in [0.29, 0.717) is 17.6 Å². The first-order chi connectivity index (χ1) is 8.72. The van der Waals surface area contributed by atoms with Crippen LogP contribution in [-0.2, 0) is 21.0 Å². The summed E-state index contributed by atoms with van der Waals surface area (Å²) >= 11 is 0. The van der Waals surface area contributed by atoms with E-state index in [-0.39, 0.29) is 31.7 Å². The summed E-state index contributed by atoms with van der Waals surface area (Å²) in [5.74, 6) is 0.298. The van der Waals surface area contributed by atoms with Crippen LogP contribution in [0.15, 0.2) is 6.33 Å². The van der Waals surface area contributed by atoms with Crippen molar-refractivity contribution in [1.29, 1.82) is 0 Å². The molecule has 0 aliphatic carbocycles. The van der Waals surface area contributed by atoms with Crippen LogP contribution in [0.5, 0.6) is 0 Å². The van der Waals surface area contributed by atoms with Gasteiger partial charge in [0.05, 0.1) is 12.9 Å². The molecule has 0 spiro atoms. The van der Waals surface area contributed by atoms with Crippen molar-refractivity contribution in [2.24, 2.45) is 0 Å². The molecule has 18 heavy (non-hydrogen) atoms. The van der Waals surface area contributed by atoms with E-state index in [9.17, 15) is 4.79 Å². The number of nitrogens with two attached hydrogens (primary N) is 2. The van der Waals surface area contributed by atoms with Gasteiger partial charge in [0, 0.05) is 0 Å². The SMILES string of the molecule is Nc1nc(N)c2ncn(COCCOC=O)c2n1. The van der Waals surface area contributed by atoms with Crippen LogP contribution in [0.2, 0.25) is 0 Å². The Morgan fingerprint density at radius 1 is 1.33 bits per heavy atom. The third kappa shape index (κ3) is 2.46. The number of ether oxygens (including phenoxy) is 2. The highest BCUT2D eigenvalue weighted by atomic mass is 16.5. The zero-order chi connectivity index (χ0) is 13.0. The quantitative estimate of drug-likeness (QED) is 0.501. The van der Waals surface area contributed by atoms with Crippen molar-refractivity contribution in [3.05, 3.63) is 6.33 Å². The van der Waals surface area contributed by atoms with E-state index in [4.69, 9.17) is 16.2 Å². The van der Waals surface area contributed by atoms with E-state index in [2.05, 4.69) is 19.7 Å². The maximum atomic E-state index is 9.91. The molecule has 0 radical (unpaired) electrons. The van der Waals surface area contributed by atoms with Crippen molar-refractivity contribution in [2.75, 3.05) is 24.7 Å². The van der Waals surface area contributed by atoms with Gasteiger partial charge in [-0.15, -0.1) is 0 Å². The summed E-state index contributed by atoms with van der Waals surface area (Å²) in [6.45, 7) is 1.03. The first-order valence-electron chi connectivity index (χ1n) is 5.09. The lowest BCUT2D eigenvalue weighted by Crippen LogP contribution is -2.08. The Labute approximate surface area is 102 Å². The summed E-state index contributed by atoms with van der Waals surface area (Å²) in [7, 11) is 0. The average Bonchev–Trinajstić information content (AvgIpc) is 2.72. The third-order valence-corrected chi connectivity index (χ3v) is 2.15. The molecule has 0 aliphatic rings. The maximum Gasteiger partial charge on any atom is 0.293 e. The molecule has 96 valence electrons.